The van der Waals surface area contributed by atoms with Crippen LogP contribution in [0.25, 0.3) is 0 Å². The zero-order valence-corrected chi connectivity index (χ0v) is 19.5. The van der Waals surface area contributed by atoms with Gasteiger partial charge in [0.2, 0.25) is 0 Å². The van der Waals surface area contributed by atoms with Crippen molar-refractivity contribution >= 4 is 11.9 Å². The van der Waals surface area contributed by atoms with Crippen molar-refractivity contribution in [3.63, 3.8) is 0 Å². The maximum atomic E-state index is 12.5. The third kappa shape index (κ3) is 13.0. The molecule has 170 valence electrons. The van der Waals surface area contributed by atoms with Crippen LogP contribution < -0.4 is 0 Å². The summed E-state index contributed by atoms with van der Waals surface area (Å²) in [7, 11) is 0. The Morgan fingerprint density at radius 3 is 1.90 bits per heavy atom. The van der Waals surface area contributed by atoms with E-state index in [2.05, 4.69) is 27.7 Å². The van der Waals surface area contributed by atoms with Crippen molar-refractivity contribution < 1.29 is 19.1 Å². The number of ether oxygens (including phenoxy) is 2. The topological polar surface area (TPSA) is 52.6 Å². The number of esters is 2. The third-order valence-corrected chi connectivity index (χ3v) is 6.00. The summed E-state index contributed by atoms with van der Waals surface area (Å²) in [5, 5.41) is 0. The largest absolute Gasteiger partial charge is 0.466 e. The lowest BCUT2D eigenvalue weighted by Gasteiger charge is -2.29. The van der Waals surface area contributed by atoms with Gasteiger partial charge in [0.05, 0.1) is 19.1 Å². The molecule has 1 saturated carbocycles. The Bertz CT molecular complexity index is 444. The average Bonchev–Trinajstić information content (AvgIpc) is 2.67. The molecule has 2 unspecified atom stereocenters. The van der Waals surface area contributed by atoms with Gasteiger partial charge in [-0.1, -0.05) is 79.1 Å². The zero-order valence-electron chi connectivity index (χ0n) is 19.5. The minimum atomic E-state index is -0.146. The Balaban J connectivity index is 2.23. The summed E-state index contributed by atoms with van der Waals surface area (Å²) in [4.78, 5) is 24.8. The van der Waals surface area contributed by atoms with Gasteiger partial charge in [-0.05, 0) is 43.4 Å². The van der Waals surface area contributed by atoms with Crippen LogP contribution in [-0.2, 0) is 19.1 Å². The molecule has 0 aliphatic heterocycles. The van der Waals surface area contributed by atoms with Crippen LogP contribution in [0, 0.1) is 23.7 Å². The molecular weight excluding hydrogens is 364 g/mol. The molecule has 0 aromatic heterocycles. The highest BCUT2D eigenvalue weighted by molar-refractivity contribution is 5.75. The summed E-state index contributed by atoms with van der Waals surface area (Å²) in [5.41, 5.74) is 0. The minimum absolute atomic E-state index is 0.0885. The summed E-state index contributed by atoms with van der Waals surface area (Å²) in [6.45, 7) is 9.97. The third-order valence-electron chi connectivity index (χ3n) is 6.00. The molecule has 0 heterocycles. The molecular formula is C25H46O4. The molecule has 0 radical (unpaired) electrons. The monoisotopic (exact) mass is 410 g/mol. The SMILES string of the molecule is CC(C)CCCCCOC(=O)CC1CCCCC1C(=O)OCCCCCC(C)C. The van der Waals surface area contributed by atoms with E-state index in [1.165, 1.54) is 25.7 Å². The fourth-order valence-corrected chi connectivity index (χ4v) is 4.16. The van der Waals surface area contributed by atoms with Gasteiger partial charge in [-0.2, -0.15) is 0 Å². The van der Waals surface area contributed by atoms with Crippen molar-refractivity contribution in [1.29, 1.82) is 0 Å². The summed E-state index contributed by atoms with van der Waals surface area (Å²) in [5.74, 6) is 1.19. The number of carbonyl (C=O) groups excluding carboxylic acids is 2. The molecule has 4 nitrogen and oxygen atoms in total. The van der Waals surface area contributed by atoms with Crippen molar-refractivity contribution in [3.05, 3.63) is 0 Å². The van der Waals surface area contributed by atoms with E-state index in [-0.39, 0.29) is 23.8 Å². The lowest BCUT2D eigenvalue weighted by atomic mass is 9.77. The van der Waals surface area contributed by atoms with Crippen molar-refractivity contribution in [1.82, 2.24) is 0 Å². The average molecular weight is 411 g/mol. The summed E-state index contributed by atoms with van der Waals surface area (Å²) in [6, 6.07) is 0. The van der Waals surface area contributed by atoms with E-state index in [1.807, 2.05) is 0 Å². The van der Waals surface area contributed by atoms with Crippen LogP contribution in [0.1, 0.15) is 111 Å². The van der Waals surface area contributed by atoms with Crippen LogP contribution in [0.2, 0.25) is 0 Å². The molecule has 0 bridgehead atoms. The van der Waals surface area contributed by atoms with Gasteiger partial charge < -0.3 is 9.47 Å². The van der Waals surface area contributed by atoms with Gasteiger partial charge in [-0.15, -0.1) is 0 Å². The van der Waals surface area contributed by atoms with Gasteiger partial charge in [0.25, 0.3) is 0 Å². The van der Waals surface area contributed by atoms with Gasteiger partial charge in [-0.3, -0.25) is 9.59 Å². The lowest BCUT2D eigenvalue weighted by Crippen LogP contribution is -2.31. The predicted octanol–water partition coefficient (Wildman–Crippen LogP) is 6.70. The van der Waals surface area contributed by atoms with Crippen molar-refractivity contribution in [2.75, 3.05) is 13.2 Å². The molecule has 0 aromatic carbocycles. The summed E-state index contributed by atoms with van der Waals surface area (Å²) >= 11 is 0. The molecule has 0 N–H and O–H groups in total. The second-order valence-corrected chi connectivity index (χ2v) is 9.73. The van der Waals surface area contributed by atoms with Gasteiger partial charge in [0.15, 0.2) is 0 Å². The maximum absolute atomic E-state index is 12.5. The molecule has 1 rings (SSSR count). The molecule has 0 spiro atoms. The quantitative estimate of drug-likeness (QED) is 0.222. The maximum Gasteiger partial charge on any atom is 0.309 e. The molecule has 0 saturated heterocycles. The minimum Gasteiger partial charge on any atom is -0.466 e. The van der Waals surface area contributed by atoms with E-state index in [4.69, 9.17) is 9.47 Å². The fraction of sp³-hybridized carbons (Fsp3) is 0.920. The zero-order chi connectivity index (χ0) is 21.5. The van der Waals surface area contributed by atoms with E-state index in [0.717, 1.165) is 63.2 Å². The van der Waals surface area contributed by atoms with Crippen molar-refractivity contribution in [3.8, 4) is 0 Å². The number of hydrogen-bond acceptors (Lipinski definition) is 4. The normalized spacial score (nSPS) is 19.5. The van der Waals surface area contributed by atoms with E-state index < -0.39 is 0 Å². The predicted molar refractivity (Wildman–Crippen MR) is 119 cm³/mol. The fourth-order valence-electron chi connectivity index (χ4n) is 4.16. The molecule has 29 heavy (non-hydrogen) atoms. The first-order valence-electron chi connectivity index (χ1n) is 12.2. The Labute approximate surface area is 179 Å². The van der Waals surface area contributed by atoms with E-state index in [0.29, 0.717) is 19.6 Å². The van der Waals surface area contributed by atoms with Crippen molar-refractivity contribution in [2.24, 2.45) is 23.7 Å². The van der Waals surface area contributed by atoms with Gasteiger partial charge in [0.1, 0.15) is 0 Å². The first-order chi connectivity index (χ1) is 13.9. The standard InChI is InChI=1S/C25H46O4/c1-20(2)13-7-5-11-17-28-24(26)19-22-15-9-10-16-23(22)25(27)29-18-12-6-8-14-21(3)4/h20-23H,5-19H2,1-4H3. The first-order valence-corrected chi connectivity index (χ1v) is 12.2. The molecule has 1 aliphatic rings. The molecule has 1 aliphatic carbocycles. The van der Waals surface area contributed by atoms with E-state index in [9.17, 15) is 9.59 Å². The molecule has 1 fully saturated rings. The smallest absolute Gasteiger partial charge is 0.309 e. The van der Waals surface area contributed by atoms with Crippen LogP contribution in [0.3, 0.4) is 0 Å². The van der Waals surface area contributed by atoms with Crippen molar-refractivity contribution in [2.45, 2.75) is 111 Å². The van der Waals surface area contributed by atoms with Crippen LogP contribution in [0.5, 0.6) is 0 Å². The second kappa shape index (κ2) is 15.7. The highest BCUT2D eigenvalue weighted by Gasteiger charge is 2.33. The van der Waals surface area contributed by atoms with Crippen LogP contribution in [0.4, 0.5) is 0 Å². The van der Waals surface area contributed by atoms with E-state index in [1.54, 1.807) is 0 Å². The Morgan fingerprint density at radius 1 is 0.759 bits per heavy atom. The highest BCUT2D eigenvalue weighted by Crippen LogP contribution is 2.33. The summed E-state index contributed by atoms with van der Waals surface area (Å²) in [6.07, 6.45) is 13.2. The molecule has 0 aromatic rings. The number of hydrogen-bond donors (Lipinski definition) is 0. The number of carbonyl (C=O) groups is 2. The molecule has 4 heteroatoms. The Hall–Kier alpha value is -1.06. The van der Waals surface area contributed by atoms with Gasteiger partial charge >= 0.3 is 11.9 Å². The lowest BCUT2D eigenvalue weighted by molar-refractivity contribution is -0.154. The number of rotatable bonds is 15. The Kier molecular flexibility index (Phi) is 14.1. The number of unbranched alkanes of at least 4 members (excludes halogenated alkanes) is 4. The molecule has 2 atom stereocenters. The van der Waals surface area contributed by atoms with Crippen LogP contribution in [-0.4, -0.2) is 25.2 Å². The molecule has 0 amide bonds. The van der Waals surface area contributed by atoms with Crippen LogP contribution in [0.15, 0.2) is 0 Å². The second-order valence-electron chi connectivity index (χ2n) is 9.73. The Morgan fingerprint density at radius 2 is 1.31 bits per heavy atom. The first kappa shape index (κ1) is 26.0. The van der Waals surface area contributed by atoms with Crippen LogP contribution >= 0.6 is 0 Å². The van der Waals surface area contributed by atoms with Gasteiger partial charge in [-0.25, -0.2) is 0 Å². The van der Waals surface area contributed by atoms with E-state index >= 15 is 0 Å². The van der Waals surface area contributed by atoms with Gasteiger partial charge in [0, 0.05) is 6.42 Å². The highest BCUT2D eigenvalue weighted by atomic mass is 16.5. The summed E-state index contributed by atoms with van der Waals surface area (Å²) < 4.78 is 11.0.